The first kappa shape index (κ1) is 43.5. The van der Waals surface area contributed by atoms with E-state index in [9.17, 15) is 19.0 Å². The Bertz CT molecular complexity index is 980. The van der Waals surface area contributed by atoms with Gasteiger partial charge in [-0.25, -0.2) is 4.57 Å². The number of unbranched alkanes of at least 4 members (excludes halogenated alkanes) is 8. The van der Waals surface area contributed by atoms with Gasteiger partial charge in [-0.1, -0.05) is 119 Å². The lowest BCUT2D eigenvalue weighted by atomic mass is 10.1. The van der Waals surface area contributed by atoms with E-state index in [1.807, 2.05) is 12.2 Å². The van der Waals surface area contributed by atoms with Gasteiger partial charge in [0.15, 0.2) is 6.10 Å². The lowest BCUT2D eigenvalue weighted by Crippen LogP contribution is -2.29. The fourth-order valence-corrected chi connectivity index (χ4v) is 4.54. The normalized spacial score (nSPS) is 14.4. The zero-order valence-corrected chi connectivity index (χ0v) is 29.6. The Morgan fingerprint density at radius 3 is 1.74 bits per heavy atom. The lowest BCUT2D eigenvalue weighted by molar-refractivity contribution is -0.160. The molecule has 0 bridgehead atoms. The molecule has 262 valence electrons. The SMILES string of the molecule is CC/C=C\C/C=C\C/C=C\C/C=C\C/C=C\CC(=O)OC(COC(=O)CCCCCCC/C=C\CCCCC)COP(=O)(O)OC. The number of carbonyl (C=O) groups excluding carboxylic acids is 2. The molecule has 0 spiro atoms. The largest absolute Gasteiger partial charge is 0.472 e. The van der Waals surface area contributed by atoms with Gasteiger partial charge in [0.2, 0.25) is 0 Å². The van der Waals surface area contributed by atoms with Gasteiger partial charge in [0.05, 0.1) is 13.0 Å². The Balaban J connectivity index is 4.31. The zero-order chi connectivity index (χ0) is 34.0. The monoisotopic (exact) mass is 664 g/mol. The second kappa shape index (κ2) is 32.4. The maximum Gasteiger partial charge on any atom is 0.472 e. The zero-order valence-electron chi connectivity index (χ0n) is 28.7. The number of allylic oxidation sites excluding steroid dienone is 11. The van der Waals surface area contributed by atoms with Gasteiger partial charge in [-0.2, -0.15) is 0 Å². The van der Waals surface area contributed by atoms with Crippen LogP contribution in [0.1, 0.15) is 123 Å². The maximum atomic E-state index is 12.4. The summed E-state index contributed by atoms with van der Waals surface area (Å²) < 4.78 is 31.6. The third kappa shape index (κ3) is 31.5. The molecule has 0 amide bonds. The van der Waals surface area contributed by atoms with Crippen molar-refractivity contribution in [3.63, 3.8) is 0 Å². The van der Waals surface area contributed by atoms with E-state index in [0.29, 0.717) is 12.8 Å². The number of phosphoric ester groups is 1. The molecule has 2 unspecified atom stereocenters. The highest BCUT2D eigenvalue weighted by atomic mass is 31.2. The summed E-state index contributed by atoms with van der Waals surface area (Å²) in [6, 6.07) is 0. The highest BCUT2D eigenvalue weighted by Gasteiger charge is 2.24. The van der Waals surface area contributed by atoms with Crippen LogP contribution in [0.15, 0.2) is 72.9 Å². The van der Waals surface area contributed by atoms with E-state index in [4.69, 9.17) is 14.0 Å². The first-order valence-electron chi connectivity index (χ1n) is 17.1. The molecule has 0 aliphatic carbocycles. The summed E-state index contributed by atoms with van der Waals surface area (Å²) in [6.45, 7) is 3.62. The van der Waals surface area contributed by atoms with Gasteiger partial charge in [-0.3, -0.25) is 18.6 Å². The van der Waals surface area contributed by atoms with E-state index in [0.717, 1.165) is 71.3 Å². The molecule has 8 nitrogen and oxygen atoms in total. The van der Waals surface area contributed by atoms with Gasteiger partial charge in [0, 0.05) is 13.5 Å². The molecule has 2 atom stereocenters. The molecule has 1 N–H and O–H groups in total. The molecule has 0 radical (unpaired) electrons. The summed E-state index contributed by atoms with van der Waals surface area (Å²) in [7, 11) is -3.25. The number of hydrogen-bond donors (Lipinski definition) is 1. The van der Waals surface area contributed by atoms with Gasteiger partial charge in [0.1, 0.15) is 6.61 Å². The van der Waals surface area contributed by atoms with E-state index >= 15 is 0 Å². The predicted octanol–water partition coefficient (Wildman–Crippen LogP) is 10.2. The minimum atomic E-state index is -4.28. The highest BCUT2D eigenvalue weighted by Crippen LogP contribution is 2.42. The maximum absolute atomic E-state index is 12.4. The van der Waals surface area contributed by atoms with Crippen molar-refractivity contribution in [3.05, 3.63) is 72.9 Å². The summed E-state index contributed by atoms with van der Waals surface area (Å²) in [5, 5.41) is 0. The predicted molar refractivity (Wildman–Crippen MR) is 188 cm³/mol. The van der Waals surface area contributed by atoms with Crippen LogP contribution in [0, 0.1) is 0 Å². The average molecular weight is 665 g/mol. The Kier molecular flexibility index (Phi) is 30.7. The number of ether oxygens (including phenoxy) is 2. The smallest absolute Gasteiger partial charge is 0.462 e. The fraction of sp³-hybridized carbons (Fsp3) is 0.622. The summed E-state index contributed by atoms with van der Waals surface area (Å²) in [5.74, 6) is -0.972. The van der Waals surface area contributed by atoms with Crippen molar-refractivity contribution >= 4 is 19.8 Å². The van der Waals surface area contributed by atoms with Crippen molar-refractivity contribution in [2.24, 2.45) is 0 Å². The summed E-state index contributed by atoms with van der Waals surface area (Å²) in [5.41, 5.74) is 0. The van der Waals surface area contributed by atoms with Crippen LogP contribution in [0.2, 0.25) is 0 Å². The average Bonchev–Trinajstić information content (AvgIpc) is 3.04. The standard InChI is InChI=1S/C37H61O8P/c1-4-6-8-10-12-14-16-18-19-20-22-24-26-28-30-32-37(39)45-35(34-44-46(40,41)42-3)33-43-36(38)31-29-27-25-23-21-17-15-13-11-9-7-5-2/h6,8,12-15,18-19,22,24,28,30,35H,4-5,7,9-11,16-17,20-21,23,25-27,29,31-34H2,1-3H3,(H,40,41)/b8-6-,14-12-,15-13-,19-18-,24-22-,30-28-. The lowest BCUT2D eigenvalue weighted by Gasteiger charge is -2.19. The molecule has 0 rings (SSSR count). The highest BCUT2D eigenvalue weighted by molar-refractivity contribution is 7.47. The molecule has 0 aromatic heterocycles. The Morgan fingerprint density at radius 1 is 0.652 bits per heavy atom. The fourth-order valence-electron chi connectivity index (χ4n) is 4.08. The van der Waals surface area contributed by atoms with Crippen LogP contribution in [0.3, 0.4) is 0 Å². The van der Waals surface area contributed by atoms with Crippen molar-refractivity contribution in [2.75, 3.05) is 20.3 Å². The van der Waals surface area contributed by atoms with Crippen molar-refractivity contribution in [1.82, 2.24) is 0 Å². The number of phosphoric acid groups is 1. The second-order valence-corrected chi connectivity index (χ2v) is 12.5. The molecular weight excluding hydrogens is 603 g/mol. The van der Waals surface area contributed by atoms with E-state index in [1.54, 1.807) is 6.08 Å². The van der Waals surface area contributed by atoms with Crippen molar-refractivity contribution in [3.8, 4) is 0 Å². The van der Waals surface area contributed by atoms with Crippen LogP contribution in [0.5, 0.6) is 0 Å². The Labute approximate surface area is 279 Å². The molecule has 46 heavy (non-hydrogen) atoms. The number of esters is 2. The minimum Gasteiger partial charge on any atom is -0.462 e. The molecule has 9 heteroatoms. The third-order valence-electron chi connectivity index (χ3n) is 6.72. The first-order valence-corrected chi connectivity index (χ1v) is 18.6. The van der Waals surface area contributed by atoms with E-state index < -0.39 is 32.5 Å². The number of hydrogen-bond acceptors (Lipinski definition) is 7. The Hall–Kier alpha value is -2.51. The van der Waals surface area contributed by atoms with Crippen LogP contribution in [0.4, 0.5) is 0 Å². The molecule has 0 aliphatic rings. The van der Waals surface area contributed by atoms with Gasteiger partial charge in [-0.05, 0) is 64.2 Å². The summed E-state index contributed by atoms with van der Waals surface area (Å²) >= 11 is 0. The minimum absolute atomic E-state index is 0.00762. The summed E-state index contributed by atoms with van der Waals surface area (Å²) in [6.07, 6.45) is 39.8. The molecule has 0 aromatic rings. The second-order valence-electron chi connectivity index (χ2n) is 10.9. The third-order valence-corrected chi connectivity index (χ3v) is 7.65. The van der Waals surface area contributed by atoms with Gasteiger partial charge >= 0.3 is 19.8 Å². The van der Waals surface area contributed by atoms with Gasteiger partial charge in [-0.15, -0.1) is 0 Å². The molecule has 0 aliphatic heterocycles. The van der Waals surface area contributed by atoms with E-state index in [2.05, 4.69) is 73.1 Å². The summed E-state index contributed by atoms with van der Waals surface area (Å²) in [4.78, 5) is 34.1. The molecule has 0 heterocycles. The van der Waals surface area contributed by atoms with Gasteiger partial charge in [0.25, 0.3) is 0 Å². The van der Waals surface area contributed by atoms with E-state index in [-0.39, 0.29) is 19.4 Å². The van der Waals surface area contributed by atoms with Crippen molar-refractivity contribution < 1.29 is 37.6 Å². The Morgan fingerprint density at radius 2 is 1.17 bits per heavy atom. The number of rotatable bonds is 30. The van der Waals surface area contributed by atoms with Crippen LogP contribution >= 0.6 is 7.82 Å². The molecule has 0 saturated carbocycles. The first-order chi connectivity index (χ1) is 22.3. The van der Waals surface area contributed by atoms with Crippen LogP contribution in [0.25, 0.3) is 0 Å². The van der Waals surface area contributed by atoms with Crippen LogP contribution in [-0.4, -0.2) is 43.3 Å². The quantitative estimate of drug-likeness (QED) is 0.0350. The molecule has 0 saturated heterocycles. The van der Waals surface area contributed by atoms with Crippen LogP contribution < -0.4 is 0 Å². The van der Waals surface area contributed by atoms with E-state index in [1.165, 1.54) is 19.3 Å². The topological polar surface area (TPSA) is 108 Å². The molecule has 0 aromatic carbocycles. The van der Waals surface area contributed by atoms with Gasteiger partial charge < -0.3 is 14.4 Å². The van der Waals surface area contributed by atoms with Crippen molar-refractivity contribution in [1.29, 1.82) is 0 Å². The number of carbonyl (C=O) groups is 2. The van der Waals surface area contributed by atoms with Crippen LogP contribution in [-0.2, 0) is 32.7 Å². The molecular formula is C37H61O8P. The molecule has 0 fully saturated rings. The van der Waals surface area contributed by atoms with Crippen molar-refractivity contribution in [2.45, 2.75) is 129 Å².